The van der Waals surface area contributed by atoms with Gasteiger partial charge >= 0.3 is 6.18 Å². The SMILES string of the molecule is NS(=O)(=O)N1CC(CNc2cc(C(F)(F)F)nc3ccc(Cl)cc23)(c2ccnc(Cl)c2)C1. The van der Waals surface area contributed by atoms with E-state index in [-0.39, 0.29) is 36.0 Å². The molecular formula is C19H16Cl2F3N5O2S. The number of nitrogens with two attached hydrogens (primary N) is 1. The van der Waals surface area contributed by atoms with Crippen LogP contribution in [0, 0.1) is 0 Å². The molecule has 0 atom stereocenters. The average molecular weight is 506 g/mol. The molecule has 3 heterocycles. The highest BCUT2D eigenvalue weighted by Crippen LogP contribution is 2.38. The first-order chi connectivity index (χ1) is 14.9. The van der Waals surface area contributed by atoms with Crippen LogP contribution in [0.3, 0.4) is 0 Å². The van der Waals surface area contributed by atoms with E-state index in [0.29, 0.717) is 16.0 Å². The number of fused-ring (bicyclic) bond motifs is 1. The molecule has 4 rings (SSSR count). The van der Waals surface area contributed by atoms with E-state index >= 15 is 0 Å². The number of nitrogens with zero attached hydrogens (tertiary/aromatic N) is 3. The fraction of sp³-hybridized carbons (Fsp3) is 0.263. The summed E-state index contributed by atoms with van der Waals surface area (Å²) >= 11 is 12.1. The maximum absolute atomic E-state index is 13.4. The van der Waals surface area contributed by atoms with Crippen molar-refractivity contribution in [3.63, 3.8) is 0 Å². The summed E-state index contributed by atoms with van der Waals surface area (Å²) in [6.45, 7) is 0.145. The van der Waals surface area contributed by atoms with Gasteiger partial charge in [0.15, 0.2) is 0 Å². The molecule has 0 amide bonds. The van der Waals surface area contributed by atoms with Gasteiger partial charge in [0.25, 0.3) is 10.2 Å². The van der Waals surface area contributed by atoms with E-state index < -0.39 is 27.5 Å². The molecule has 32 heavy (non-hydrogen) atoms. The number of halogens is 5. The molecule has 3 aromatic rings. The third kappa shape index (κ3) is 4.48. The highest BCUT2D eigenvalue weighted by atomic mass is 35.5. The number of hydrogen-bond donors (Lipinski definition) is 2. The van der Waals surface area contributed by atoms with E-state index in [9.17, 15) is 21.6 Å². The van der Waals surface area contributed by atoms with Gasteiger partial charge in [0.05, 0.1) is 5.52 Å². The summed E-state index contributed by atoms with van der Waals surface area (Å²) in [7, 11) is -3.92. The van der Waals surface area contributed by atoms with Crippen molar-refractivity contribution in [3.05, 3.63) is 64.0 Å². The lowest BCUT2D eigenvalue weighted by atomic mass is 9.75. The summed E-state index contributed by atoms with van der Waals surface area (Å²) in [6, 6.07) is 8.55. The third-order valence-corrected chi connectivity index (χ3v) is 6.76. The molecule has 1 aliphatic rings. The van der Waals surface area contributed by atoms with E-state index in [1.807, 2.05) is 0 Å². The van der Waals surface area contributed by atoms with Crippen LogP contribution < -0.4 is 10.5 Å². The summed E-state index contributed by atoms with van der Waals surface area (Å²) < 4.78 is 64.7. The second-order valence-corrected chi connectivity index (χ2v) is 9.90. The molecular weight excluding hydrogens is 490 g/mol. The minimum Gasteiger partial charge on any atom is -0.383 e. The average Bonchev–Trinajstić information content (AvgIpc) is 2.65. The Morgan fingerprint density at radius 2 is 1.88 bits per heavy atom. The Labute approximate surface area is 191 Å². The zero-order chi connectivity index (χ0) is 23.3. The zero-order valence-corrected chi connectivity index (χ0v) is 18.5. The molecule has 1 aliphatic heterocycles. The van der Waals surface area contributed by atoms with Crippen LogP contribution >= 0.6 is 23.2 Å². The van der Waals surface area contributed by atoms with Gasteiger partial charge in [0, 0.05) is 47.3 Å². The van der Waals surface area contributed by atoms with Gasteiger partial charge in [-0.05, 0) is 42.0 Å². The molecule has 0 spiro atoms. The van der Waals surface area contributed by atoms with Crippen molar-refractivity contribution in [1.29, 1.82) is 0 Å². The first-order valence-corrected chi connectivity index (χ1v) is 11.4. The quantitative estimate of drug-likeness (QED) is 0.513. The Morgan fingerprint density at radius 1 is 1.16 bits per heavy atom. The monoisotopic (exact) mass is 505 g/mol. The van der Waals surface area contributed by atoms with Crippen molar-refractivity contribution in [2.45, 2.75) is 11.6 Å². The minimum atomic E-state index is -4.65. The first-order valence-electron chi connectivity index (χ1n) is 9.19. The normalized spacial score (nSPS) is 16.7. The summed E-state index contributed by atoms with van der Waals surface area (Å²) in [5, 5.41) is 9.20. The lowest BCUT2D eigenvalue weighted by molar-refractivity contribution is -0.140. The number of pyridine rings is 2. The van der Waals surface area contributed by atoms with Crippen molar-refractivity contribution in [2.24, 2.45) is 5.14 Å². The van der Waals surface area contributed by atoms with Crippen molar-refractivity contribution in [2.75, 3.05) is 25.0 Å². The fourth-order valence-electron chi connectivity index (χ4n) is 3.69. The Morgan fingerprint density at radius 3 is 2.50 bits per heavy atom. The molecule has 7 nitrogen and oxygen atoms in total. The van der Waals surface area contributed by atoms with Gasteiger partial charge in [0.1, 0.15) is 10.8 Å². The Bertz CT molecular complexity index is 1300. The predicted molar refractivity (Wildman–Crippen MR) is 116 cm³/mol. The van der Waals surface area contributed by atoms with Gasteiger partial charge in [-0.15, -0.1) is 0 Å². The third-order valence-electron chi connectivity index (χ3n) is 5.34. The minimum absolute atomic E-state index is 0.0229. The van der Waals surface area contributed by atoms with E-state index in [2.05, 4.69) is 15.3 Å². The molecule has 13 heteroatoms. The molecule has 3 N–H and O–H groups in total. The van der Waals surface area contributed by atoms with Gasteiger partial charge in [0.2, 0.25) is 0 Å². The van der Waals surface area contributed by atoms with Gasteiger partial charge in [-0.1, -0.05) is 23.2 Å². The summed E-state index contributed by atoms with van der Waals surface area (Å²) in [6.07, 6.45) is -3.18. The lowest BCUT2D eigenvalue weighted by Crippen LogP contribution is -2.65. The van der Waals surface area contributed by atoms with Crippen molar-refractivity contribution >= 4 is 50.0 Å². The number of aromatic nitrogens is 2. The Hall–Kier alpha value is -2.18. The van der Waals surface area contributed by atoms with Crippen LogP contribution in [0.15, 0.2) is 42.6 Å². The molecule has 1 aromatic carbocycles. The van der Waals surface area contributed by atoms with Crippen LogP contribution in [0.2, 0.25) is 10.2 Å². The fourth-order valence-corrected chi connectivity index (χ4v) is 4.89. The van der Waals surface area contributed by atoms with Crippen LogP contribution in [0.5, 0.6) is 0 Å². The largest absolute Gasteiger partial charge is 0.433 e. The second-order valence-electron chi connectivity index (χ2n) is 7.53. The highest BCUT2D eigenvalue weighted by molar-refractivity contribution is 7.86. The molecule has 2 aromatic heterocycles. The van der Waals surface area contributed by atoms with Gasteiger partial charge in [-0.25, -0.2) is 15.1 Å². The number of hydrogen-bond acceptors (Lipinski definition) is 5. The second kappa shape index (κ2) is 7.99. The van der Waals surface area contributed by atoms with Crippen molar-refractivity contribution in [1.82, 2.24) is 14.3 Å². The number of anilines is 1. The van der Waals surface area contributed by atoms with Crippen LogP contribution in [0.25, 0.3) is 10.9 Å². The molecule has 0 bridgehead atoms. The first kappa shape index (κ1) is 23.0. The predicted octanol–water partition coefficient (Wildman–Crippen LogP) is 3.82. The molecule has 0 aliphatic carbocycles. The van der Waals surface area contributed by atoms with Crippen LogP contribution in [0.1, 0.15) is 11.3 Å². The van der Waals surface area contributed by atoms with E-state index in [4.69, 9.17) is 28.3 Å². The van der Waals surface area contributed by atoms with E-state index in [1.165, 1.54) is 24.4 Å². The lowest BCUT2D eigenvalue weighted by Gasteiger charge is -2.49. The number of nitrogens with one attached hydrogen (secondary N) is 1. The van der Waals surface area contributed by atoms with E-state index in [0.717, 1.165) is 10.4 Å². The summed E-state index contributed by atoms with van der Waals surface area (Å²) in [5.41, 5.74) is -0.884. The number of rotatable bonds is 5. The number of alkyl halides is 3. The standard InChI is InChI=1S/C19H16Cl2F3N5O2S/c20-12-1-2-14-13(6-12)15(7-16(28-14)19(22,23)24)27-8-18(9-29(10-18)32(25,30)31)11-3-4-26-17(21)5-11/h1-7H,8-10H2,(H,27,28)(H2,25,30,31). The molecule has 170 valence electrons. The van der Waals surface area contributed by atoms with Crippen LogP contribution in [0.4, 0.5) is 18.9 Å². The maximum atomic E-state index is 13.4. The molecule has 1 fully saturated rings. The molecule has 0 unspecified atom stereocenters. The Balaban J connectivity index is 1.73. The molecule has 0 radical (unpaired) electrons. The van der Waals surface area contributed by atoms with Crippen LogP contribution in [-0.4, -0.2) is 42.3 Å². The van der Waals surface area contributed by atoms with Crippen LogP contribution in [-0.2, 0) is 21.8 Å². The maximum Gasteiger partial charge on any atom is 0.433 e. The van der Waals surface area contributed by atoms with E-state index in [1.54, 1.807) is 12.1 Å². The smallest absolute Gasteiger partial charge is 0.383 e. The highest BCUT2D eigenvalue weighted by Gasteiger charge is 2.48. The topological polar surface area (TPSA) is 101 Å². The molecule has 0 saturated carbocycles. The summed E-state index contributed by atoms with van der Waals surface area (Å²) in [4.78, 5) is 7.62. The zero-order valence-electron chi connectivity index (χ0n) is 16.2. The number of benzene rings is 1. The van der Waals surface area contributed by atoms with Gasteiger partial charge in [-0.3, -0.25) is 0 Å². The Kier molecular flexibility index (Phi) is 5.74. The van der Waals surface area contributed by atoms with Gasteiger partial charge < -0.3 is 5.32 Å². The van der Waals surface area contributed by atoms with Gasteiger partial charge in [-0.2, -0.15) is 25.9 Å². The van der Waals surface area contributed by atoms with Crippen molar-refractivity contribution < 1.29 is 21.6 Å². The van der Waals surface area contributed by atoms with Crippen molar-refractivity contribution in [3.8, 4) is 0 Å². The summed E-state index contributed by atoms with van der Waals surface area (Å²) in [5.74, 6) is 0. The molecule has 1 saturated heterocycles.